The Morgan fingerprint density at radius 3 is 2.22 bits per heavy atom. The van der Waals surface area contributed by atoms with Crippen LogP contribution in [0.2, 0.25) is 0 Å². The van der Waals surface area contributed by atoms with Crippen LogP contribution in [0.1, 0.15) is 19.4 Å². The lowest BCUT2D eigenvalue weighted by Gasteiger charge is -2.21. The van der Waals surface area contributed by atoms with E-state index in [9.17, 15) is 0 Å². The predicted octanol–water partition coefficient (Wildman–Crippen LogP) is 3.56. The molecule has 2 nitrogen and oxygen atoms in total. The molecule has 0 bridgehead atoms. The summed E-state index contributed by atoms with van der Waals surface area (Å²) in [5, 5.41) is 0. The number of methoxy groups -OCH3 is 1. The minimum Gasteiger partial charge on any atom is -0.496 e. The Bertz CT molecular complexity index is 527. The second-order valence-corrected chi connectivity index (χ2v) is 5.00. The van der Waals surface area contributed by atoms with Gasteiger partial charge in [0.25, 0.3) is 0 Å². The lowest BCUT2D eigenvalue weighted by molar-refractivity contribution is 0.415. The van der Waals surface area contributed by atoms with Crippen LogP contribution in [0.15, 0.2) is 48.5 Å². The maximum absolute atomic E-state index is 6.15. The van der Waals surface area contributed by atoms with E-state index >= 15 is 0 Å². The molecule has 0 aliphatic carbocycles. The van der Waals surface area contributed by atoms with Crippen LogP contribution in [-0.2, 0) is 5.54 Å². The zero-order valence-electron chi connectivity index (χ0n) is 11.1. The van der Waals surface area contributed by atoms with E-state index in [1.54, 1.807) is 7.11 Å². The predicted molar refractivity (Wildman–Crippen MR) is 75.6 cm³/mol. The number of benzene rings is 2. The Hall–Kier alpha value is -1.80. The van der Waals surface area contributed by atoms with Crippen molar-refractivity contribution in [2.75, 3.05) is 7.11 Å². The normalized spacial score (nSPS) is 11.3. The molecule has 0 atom stereocenters. The van der Waals surface area contributed by atoms with Crippen molar-refractivity contribution < 1.29 is 4.74 Å². The quantitative estimate of drug-likeness (QED) is 0.891. The van der Waals surface area contributed by atoms with Crippen molar-refractivity contribution >= 4 is 0 Å². The Labute approximate surface area is 108 Å². The van der Waals surface area contributed by atoms with Crippen LogP contribution in [0.25, 0.3) is 11.1 Å². The minimum atomic E-state index is -0.351. The van der Waals surface area contributed by atoms with Crippen LogP contribution in [0.4, 0.5) is 0 Å². The first-order chi connectivity index (χ1) is 8.52. The lowest BCUT2D eigenvalue weighted by Crippen LogP contribution is -2.28. The van der Waals surface area contributed by atoms with Crippen LogP contribution in [0.3, 0.4) is 0 Å². The van der Waals surface area contributed by atoms with Crippen molar-refractivity contribution in [2.24, 2.45) is 5.73 Å². The molecule has 0 radical (unpaired) electrons. The molecule has 2 rings (SSSR count). The van der Waals surface area contributed by atoms with E-state index in [-0.39, 0.29) is 5.54 Å². The summed E-state index contributed by atoms with van der Waals surface area (Å²) in [6.45, 7) is 4.01. The monoisotopic (exact) mass is 241 g/mol. The molecule has 94 valence electrons. The number of ether oxygens (including phenoxy) is 1. The van der Waals surface area contributed by atoms with Gasteiger partial charge >= 0.3 is 0 Å². The summed E-state index contributed by atoms with van der Waals surface area (Å²) in [5.41, 5.74) is 9.12. The summed E-state index contributed by atoms with van der Waals surface area (Å²) in [6, 6.07) is 16.3. The van der Waals surface area contributed by atoms with Crippen LogP contribution < -0.4 is 10.5 Å². The number of hydrogen-bond donors (Lipinski definition) is 1. The van der Waals surface area contributed by atoms with Gasteiger partial charge in [0.1, 0.15) is 5.75 Å². The maximum Gasteiger partial charge on any atom is 0.126 e. The van der Waals surface area contributed by atoms with Gasteiger partial charge < -0.3 is 10.5 Å². The molecule has 2 aromatic carbocycles. The summed E-state index contributed by atoms with van der Waals surface area (Å²) < 4.78 is 5.43. The van der Waals surface area contributed by atoms with Gasteiger partial charge in [0.05, 0.1) is 7.11 Å². The molecule has 0 saturated heterocycles. The molecule has 0 unspecified atom stereocenters. The molecule has 0 amide bonds. The third-order valence-electron chi connectivity index (χ3n) is 3.03. The highest BCUT2D eigenvalue weighted by Gasteiger charge is 2.16. The van der Waals surface area contributed by atoms with Crippen LogP contribution in [-0.4, -0.2) is 7.11 Å². The fourth-order valence-electron chi connectivity index (χ4n) is 1.95. The minimum absolute atomic E-state index is 0.351. The maximum atomic E-state index is 6.15. The fraction of sp³-hybridized carbons (Fsp3) is 0.250. The van der Waals surface area contributed by atoms with Gasteiger partial charge in [0.15, 0.2) is 0 Å². The summed E-state index contributed by atoms with van der Waals surface area (Å²) >= 11 is 0. The van der Waals surface area contributed by atoms with Gasteiger partial charge in [-0.2, -0.15) is 0 Å². The molecule has 0 spiro atoms. The molecule has 0 heterocycles. The van der Waals surface area contributed by atoms with Gasteiger partial charge in [-0.1, -0.05) is 36.4 Å². The van der Waals surface area contributed by atoms with Crippen molar-refractivity contribution in [1.82, 2.24) is 0 Å². The topological polar surface area (TPSA) is 35.2 Å². The Morgan fingerprint density at radius 1 is 1.00 bits per heavy atom. The first-order valence-corrected chi connectivity index (χ1v) is 6.05. The van der Waals surface area contributed by atoms with E-state index < -0.39 is 0 Å². The largest absolute Gasteiger partial charge is 0.496 e. The molecule has 18 heavy (non-hydrogen) atoms. The molecule has 2 heteroatoms. The number of rotatable bonds is 3. The molecule has 0 aromatic heterocycles. The van der Waals surface area contributed by atoms with Crippen LogP contribution >= 0.6 is 0 Å². The lowest BCUT2D eigenvalue weighted by atomic mass is 9.92. The molecular formula is C16H19NO. The highest BCUT2D eigenvalue weighted by molar-refractivity contribution is 5.71. The van der Waals surface area contributed by atoms with E-state index in [0.717, 1.165) is 22.4 Å². The third kappa shape index (κ3) is 2.54. The summed E-state index contributed by atoms with van der Waals surface area (Å²) in [5.74, 6) is 0.870. The first-order valence-electron chi connectivity index (χ1n) is 6.05. The van der Waals surface area contributed by atoms with E-state index in [0.29, 0.717) is 0 Å². The Balaban J connectivity index is 2.57. The van der Waals surface area contributed by atoms with Crippen molar-refractivity contribution in [1.29, 1.82) is 0 Å². The summed E-state index contributed by atoms with van der Waals surface area (Å²) in [4.78, 5) is 0. The summed E-state index contributed by atoms with van der Waals surface area (Å²) in [6.07, 6.45) is 0. The molecule has 0 fully saturated rings. The zero-order valence-corrected chi connectivity index (χ0v) is 11.1. The van der Waals surface area contributed by atoms with Gasteiger partial charge in [0.2, 0.25) is 0 Å². The smallest absolute Gasteiger partial charge is 0.126 e. The van der Waals surface area contributed by atoms with Gasteiger partial charge in [-0.05, 0) is 37.1 Å². The van der Waals surface area contributed by atoms with E-state index in [1.165, 1.54) is 0 Å². The third-order valence-corrected chi connectivity index (χ3v) is 3.03. The molecule has 0 saturated carbocycles. The number of nitrogens with two attached hydrogens (primary N) is 1. The highest BCUT2D eigenvalue weighted by atomic mass is 16.5. The molecule has 2 aromatic rings. The van der Waals surface area contributed by atoms with E-state index in [4.69, 9.17) is 10.5 Å². The van der Waals surface area contributed by atoms with Crippen molar-refractivity contribution in [3.8, 4) is 16.9 Å². The number of hydrogen-bond acceptors (Lipinski definition) is 2. The summed E-state index contributed by atoms with van der Waals surface area (Å²) in [7, 11) is 1.69. The van der Waals surface area contributed by atoms with E-state index in [1.807, 2.05) is 44.2 Å². The average molecular weight is 241 g/mol. The Kier molecular flexibility index (Phi) is 3.39. The van der Waals surface area contributed by atoms with Gasteiger partial charge in [0, 0.05) is 11.1 Å². The first kappa shape index (κ1) is 12.7. The van der Waals surface area contributed by atoms with Crippen LogP contribution in [0.5, 0.6) is 5.75 Å². The molecular weight excluding hydrogens is 222 g/mol. The van der Waals surface area contributed by atoms with Crippen molar-refractivity contribution in [3.05, 3.63) is 54.1 Å². The van der Waals surface area contributed by atoms with Gasteiger partial charge in [-0.3, -0.25) is 0 Å². The van der Waals surface area contributed by atoms with E-state index in [2.05, 4.69) is 18.2 Å². The second kappa shape index (κ2) is 4.83. The van der Waals surface area contributed by atoms with Gasteiger partial charge in [-0.25, -0.2) is 0 Å². The molecule has 0 aliphatic heterocycles. The fourth-order valence-corrected chi connectivity index (χ4v) is 1.95. The standard InChI is InChI=1S/C16H19NO/c1-16(2,17)13-9-10-15(18-3)14(11-13)12-7-5-4-6-8-12/h4-11H,17H2,1-3H3. The van der Waals surface area contributed by atoms with Crippen molar-refractivity contribution in [2.45, 2.75) is 19.4 Å². The zero-order chi connectivity index (χ0) is 13.2. The van der Waals surface area contributed by atoms with Crippen molar-refractivity contribution in [3.63, 3.8) is 0 Å². The van der Waals surface area contributed by atoms with Crippen LogP contribution in [0, 0.1) is 0 Å². The molecule has 2 N–H and O–H groups in total. The molecule has 0 aliphatic rings. The SMILES string of the molecule is COc1ccc(C(C)(C)N)cc1-c1ccccc1. The Morgan fingerprint density at radius 2 is 1.67 bits per heavy atom. The average Bonchev–Trinajstić information content (AvgIpc) is 2.38. The second-order valence-electron chi connectivity index (χ2n) is 5.00. The van der Waals surface area contributed by atoms with Gasteiger partial charge in [-0.15, -0.1) is 0 Å². The highest BCUT2D eigenvalue weighted by Crippen LogP contribution is 2.33.